The van der Waals surface area contributed by atoms with Crippen LogP contribution in [0, 0.1) is 12.8 Å². The van der Waals surface area contributed by atoms with Gasteiger partial charge in [-0.1, -0.05) is 24.6 Å². The summed E-state index contributed by atoms with van der Waals surface area (Å²) in [5.41, 5.74) is 1.22. The molecule has 0 radical (unpaired) electrons. The first-order valence-corrected chi connectivity index (χ1v) is 7.71. The van der Waals surface area contributed by atoms with Crippen LogP contribution in [-0.4, -0.2) is 22.5 Å². The highest BCUT2D eigenvalue weighted by atomic mass is 32.2. The summed E-state index contributed by atoms with van der Waals surface area (Å²) in [5, 5.41) is 3.46. The fraction of sp³-hybridized carbons (Fsp3) is 0.571. The number of hydrogen-bond acceptors (Lipinski definition) is 2. The van der Waals surface area contributed by atoms with Crippen molar-refractivity contribution in [3.63, 3.8) is 0 Å². The lowest BCUT2D eigenvalue weighted by atomic mass is 10.2. The highest BCUT2D eigenvalue weighted by Crippen LogP contribution is 2.33. The van der Waals surface area contributed by atoms with Crippen molar-refractivity contribution >= 4 is 10.8 Å². The van der Waals surface area contributed by atoms with Crippen molar-refractivity contribution in [2.45, 2.75) is 37.6 Å². The van der Waals surface area contributed by atoms with Gasteiger partial charge in [-0.25, -0.2) is 0 Å². The van der Waals surface area contributed by atoms with Crippen molar-refractivity contribution in [3.8, 4) is 0 Å². The maximum absolute atomic E-state index is 12.2. The van der Waals surface area contributed by atoms with Crippen LogP contribution in [0.1, 0.15) is 25.3 Å². The molecule has 1 aromatic carbocycles. The lowest BCUT2D eigenvalue weighted by Crippen LogP contribution is -2.35. The van der Waals surface area contributed by atoms with Crippen LogP contribution in [0.4, 0.5) is 0 Å². The smallest absolute Gasteiger partial charge is 0.0545 e. The third-order valence-electron chi connectivity index (χ3n) is 3.27. The monoisotopic (exact) mass is 251 g/mol. The minimum Gasteiger partial charge on any atom is -0.313 e. The summed E-state index contributed by atoms with van der Waals surface area (Å²) < 4.78 is 12.2. The number of aryl methyl sites for hydroxylation is 1. The van der Waals surface area contributed by atoms with E-state index in [9.17, 15) is 4.21 Å². The Balaban J connectivity index is 1.97. The first kappa shape index (κ1) is 12.8. The lowest BCUT2D eigenvalue weighted by Gasteiger charge is -2.16. The minimum absolute atomic E-state index is 0.433. The Bertz CT molecular complexity index is 384. The predicted octanol–water partition coefficient (Wildman–Crippen LogP) is 2.49. The lowest BCUT2D eigenvalue weighted by molar-refractivity contribution is 0.514. The van der Waals surface area contributed by atoms with Crippen LogP contribution >= 0.6 is 0 Å². The molecule has 1 fully saturated rings. The van der Waals surface area contributed by atoms with E-state index in [0.717, 1.165) is 23.1 Å². The number of benzene rings is 1. The molecule has 0 aliphatic heterocycles. The summed E-state index contributed by atoms with van der Waals surface area (Å²) in [4.78, 5) is 0.958. The van der Waals surface area contributed by atoms with Gasteiger partial charge < -0.3 is 5.32 Å². The molecule has 0 amide bonds. The Kier molecular flexibility index (Phi) is 4.35. The van der Waals surface area contributed by atoms with E-state index in [1.165, 1.54) is 18.4 Å². The maximum atomic E-state index is 12.2. The van der Waals surface area contributed by atoms with E-state index in [2.05, 4.69) is 19.2 Å². The van der Waals surface area contributed by atoms with Gasteiger partial charge in [0.15, 0.2) is 0 Å². The molecule has 1 aromatic rings. The minimum atomic E-state index is -0.866. The van der Waals surface area contributed by atoms with Gasteiger partial charge in [-0.15, -0.1) is 0 Å². The highest BCUT2D eigenvalue weighted by Gasteiger charge is 2.31. The number of nitrogens with one attached hydrogen (secondary N) is 1. The van der Waals surface area contributed by atoms with Crippen molar-refractivity contribution in [2.75, 3.05) is 12.3 Å². The molecule has 2 nitrogen and oxygen atoms in total. The molecular formula is C14H21NOS. The van der Waals surface area contributed by atoms with E-state index in [-0.39, 0.29) is 0 Å². The van der Waals surface area contributed by atoms with Crippen LogP contribution in [-0.2, 0) is 10.8 Å². The van der Waals surface area contributed by atoms with Gasteiger partial charge in [-0.3, -0.25) is 4.21 Å². The standard InChI is InChI=1S/C14H21NOS/c1-3-15-14(12-6-7-12)10-17(16)13-8-4-11(2)5-9-13/h4-5,8-9,12,14-15H,3,6-7,10H2,1-2H3. The molecule has 1 aliphatic rings. The third-order valence-corrected chi connectivity index (χ3v) is 4.73. The molecule has 0 aromatic heterocycles. The quantitative estimate of drug-likeness (QED) is 0.841. The van der Waals surface area contributed by atoms with Crippen LogP contribution in [0.2, 0.25) is 0 Å². The molecule has 2 atom stereocenters. The summed E-state index contributed by atoms with van der Waals surface area (Å²) in [6, 6.07) is 8.48. The first-order valence-electron chi connectivity index (χ1n) is 6.39. The van der Waals surface area contributed by atoms with Gasteiger partial charge in [0.25, 0.3) is 0 Å². The van der Waals surface area contributed by atoms with Crippen LogP contribution in [0.3, 0.4) is 0 Å². The normalized spacial score (nSPS) is 18.9. The Morgan fingerprint density at radius 1 is 1.35 bits per heavy atom. The van der Waals surface area contributed by atoms with Crippen molar-refractivity contribution in [2.24, 2.45) is 5.92 Å². The Hall–Kier alpha value is -0.670. The molecule has 1 aliphatic carbocycles. The SMILES string of the molecule is CCNC(CS(=O)c1ccc(C)cc1)C1CC1. The molecule has 0 saturated heterocycles. The van der Waals surface area contributed by atoms with Crippen LogP contribution < -0.4 is 5.32 Å². The van der Waals surface area contributed by atoms with Crippen molar-refractivity contribution in [1.29, 1.82) is 0 Å². The van der Waals surface area contributed by atoms with Gasteiger partial charge in [-0.2, -0.15) is 0 Å². The van der Waals surface area contributed by atoms with Crippen LogP contribution in [0.5, 0.6) is 0 Å². The zero-order valence-electron chi connectivity index (χ0n) is 10.6. The number of hydrogen-bond donors (Lipinski definition) is 1. The summed E-state index contributed by atoms with van der Waals surface area (Å²) in [6.07, 6.45) is 2.59. The fourth-order valence-electron chi connectivity index (χ4n) is 2.07. The average Bonchev–Trinajstić information content (AvgIpc) is 3.13. The van der Waals surface area contributed by atoms with Crippen molar-refractivity contribution < 1.29 is 4.21 Å². The largest absolute Gasteiger partial charge is 0.313 e. The van der Waals surface area contributed by atoms with Gasteiger partial charge in [0, 0.05) is 16.7 Å². The second-order valence-corrected chi connectivity index (χ2v) is 6.32. The van der Waals surface area contributed by atoms with Gasteiger partial charge in [0.2, 0.25) is 0 Å². The highest BCUT2D eigenvalue weighted by molar-refractivity contribution is 7.85. The average molecular weight is 251 g/mol. The summed E-state index contributed by atoms with van der Waals surface area (Å²) >= 11 is 0. The van der Waals surface area contributed by atoms with Crippen molar-refractivity contribution in [3.05, 3.63) is 29.8 Å². The topological polar surface area (TPSA) is 29.1 Å². The zero-order valence-corrected chi connectivity index (χ0v) is 11.4. The summed E-state index contributed by atoms with van der Waals surface area (Å²) in [6.45, 7) is 5.13. The number of rotatable bonds is 6. The summed E-state index contributed by atoms with van der Waals surface area (Å²) in [7, 11) is -0.866. The molecule has 1 saturated carbocycles. The van der Waals surface area contributed by atoms with Gasteiger partial charge >= 0.3 is 0 Å². The maximum Gasteiger partial charge on any atom is 0.0545 e. The molecule has 1 N–H and O–H groups in total. The van der Waals surface area contributed by atoms with Crippen LogP contribution in [0.15, 0.2) is 29.2 Å². The molecule has 0 heterocycles. The van der Waals surface area contributed by atoms with Gasteiger partial charge in [-0.05, 0) is 44.4 Å². The van der Waals surface area contributed by atoms with E-state index in [0.29, 0.717) is 6.04 Å². The van der Waals surface area contributed by atoms with Gasteiger partial charge in [0.05, 0.1) is 10.8 Å². The van der Waals surface area contributed by atoms with Gasteiger partial charge in [0.1, 0.15) is 0 Å². The van der Waals surface area contributed by atoms with E-state index < -0.39 is 10.8 Å². The molecule has 2 rings (SSSR count). The molecule has 2 unspecified atom stereocenters. The second kappa shape index (κ2) is 5.78. The third kappa shape index (κ3) is 3.65. The second-order valence-electron chi connectivity index (χ2n) is 4.83. The van der Waals surface area contributed by atoms with Crippen molar-refractivity contribution in [1.82, 2.24) is 5.32 Å². The zero-order chi connectivity index (χ0) is 12.3. The molecule has 3 heteroatoms. The predicted molar refractivity (Wildman–Crippen MR) is 72.6 cm³/mol. The molecule has 94 valence electrons. The molecule has 0 bridgehead atoms. The van der Waals surface area contributed by atoms with E-state index in [1.807, 2.05) is 24.3 Å². The first-order chi connectivity index (χ1) is 8.20. The molecule has 17 heavy (non-hydrogen) atoms. The Morgan fingerprint density at radius 3 is 2.53 bits per heavy atom. The van der Waals surface area contributed by atoms with Crippen LogP contribution in [0.25, 0.3) is 0 Å². The molecular weight excluding hydrogens is 230 g/mol. The fourth-order valence-corrected chi connectivity index (χ4v) is 3.42. The Morgan fingerprint density at radius 2 is 2.00 bits per heavy atom. The van der Waals surface area contributed by atoms with E-state index >= 15 is 0 Å². The summed E-state index contributed by atoms with van der Waals surface area (Å²) in [5.74, 6) is 1.51. The van der Waals surface area contributed by atoms with E-state index in [1.54, 1.807) is 0 Å². The van der Waals surface area contributed by atoms with E-state index in [4.69, 9.17) is 0 Å². The molecule has 0 spiro atoms. The Labute approximate surface area is 106 Å².